The lowest BCUT2D eigenvalue weighted by molar-refractivity contribution is -0.305. The fourth-order valence-electron chi connectivity index (χ4n) is 1.05. The summed E-state index contributed by atoms with van der Waals surface area (Å²) in [7, 11) is 0. The molecule has 0 saturated heterocycles. The van der Waals surface area contributed by atoms with E-state index in [-0.39, 0.29) is 0 Å². The van der Waals surface area contributed by atoms with Crippen LogP contribution in [0.3, 0.4) is 0 Å². The predicted octanol–water partition coefficient (Wildman–Crippen LogP) is -3.15. The number of carbonyl (C=O) groups excluding carboxylic acids is 5. The van der Waals surface area contributed by atoms with E-state index in [4.69, 9.17) is 5.11 Å². The lowest BCUT2D eigenvalue weighted by Gasteiger charge is -2.29. The number of Topliss-reactive ketones (excluding diaryl/α,β-unsaturated/α-hetero) is 2. The first-order valence-electron chi connectivity index (χ1n) is 6.26. The molecule has 2 unspecified atom stereocenters. The quantitative estimate of drug-likeness (QED) is 0.118. The van der Waals surface area contributed by atoms with Crippen molar-refractivity contribution in [3.05, 3.63) is 0 Å². The minimum atomic E-state index is -3.56. The maximum Gasteiger partial charge on any atom is 0.426 e. The Labute approximate surface area is 134 Å². The van der Waals surface area contributed by atoms with Crippen molar-refractivity contribution in [3.8, 4) is 0 Å². The summed E-state index contributed by atoms with van der Waals surface area (Å²) in [6.07, 6.45) is -3.38. The highest BCUT2D eigenvalue weighted by Crippen LogP contribution is 2.24. The zero-order valence-electron chi connectivity index (χ0n) is 12.8. The van der Waals surface area contributed by atoms with Crippen LogP contribution in [-0.2, 0) is 38.5 Å². The molecule has 0 saturated carbocycles. The largest absolute Gasteiger partial charge is 0.426 e. The van der Waals surface area contributed by atoms with E-state index in [1.54, 1.807) is 0 Å². The molecule has 12 nitrogen and oxygen atoms in total. The summed E-state index contributed by atoms with van der Waals surface area (Å²) >= 11 is 0. The van der Waals surface area contributed by atoms with Gasteiger partial charge in [-0.05, 0) is 6.92 Å². The second-order valence-electron chi connectivity index (χ2n) is 4.73. The van der Waals surface area contributed by atoms with Crippen LogP contribution in [0.1, 0.15) is 27.2 Å². The summed E-state index contributed by atoms with van der Waals surface area (Å²) in [4.78, 5) is 63.4. The van der Waals surface area contributed by atoms with Crippen LogP contribution in [0.5, 0.6) is 0 Å². The van der Waals surface area contributed by atoms with Gasteiger partial charge in [0.15, 0.2) is 11.9 Å². The van der Waals surface area contributed by atoms with E-state index in [1.165, 1.54) is 0 Å². The molecule has 0 rings (SSSR count). The Morgan fingerprint density at radius 2 is 1.50 bits per heavy atom. The van der Waals surface area contributed by atoms with E-state index in [9.17, 15) is 39.3 Å². The average Bonchev–Trinajstić information content (AvgIpc) is 2.42. The van der Waals surface area contributed by atoms with Crippen LogP contribution in [0.25, 0.3) is 0 Å². The average molecular weight is 352 g/mol. The van der Waals surface area contributed by atoms with Gasteiger partial charge in [0, 0.05) is 13.8 Å². The zero-order chi connectivity index (χ0) is 19.3. The van der Waals surface area contributed by atoms with Crippen LogP contribution in [0.4, 0.5) is 0 Å². The third kappa shape index (κ3) is 6.00. The van der Waals surface area contributed by atoms with E-state index in [1.807, 2.05) is 0 Å². The number of esters is 1. The molecule has 0 amide bonds. The first-order chi connectivity index (χ1) is 10.7. The molecule has 0 heterocycles. The van der Waals surface area contributed by atoms with Gasteiger partial charge in [0.05, 0.1) is 6.42 Å². The van der Waals surface area contributed by atoms with E-state index in [0.717, 1.165) is 6.92 Å². The standard InChI is InChI=1S/C12H16O12/c1-5(13)8(16)22-12(21,4-11(19,20)7(3)15)10(18)24-23-9(17)6(2)14/h6,14,19-21H,4H2,1-3H3. The van der Waals surface area contributed by atoms with Crippen molar-refractivity contribution in [3.63, 3.8) is 0 Å². The predicted molar refractivity (Wildman–Crippen MR) is 68.1 cm³/mol. The fraction of sp³-hybridized carbons (Fsp3) is 0.583. The molecule has 0 aliphatic carbocycles. The van der Waals surface area contributed by atoms with Crippen molar-refractivity contribution < 1.29 is 58.9 Å². The van der Waals surface area contributed by atoms with Crippen molar-refractivity contribution >= 4 is 29.5 Å². The molecule has 0 aromatic rings. The molecule has 136 valence electrons. The van der Waals surface area contributed by atoms with Gasteiger partial charge in [-0.25, -0.2) is 24.2 Å². The summed E-state index contributed by atoms with van der Waals surface area (Å²) in [5.41, 5.74) is 0. The Bertz CT molecular complexity index is 548. The molecule has 0 bridgehead atoms. The monoisotopic (exact) mass is 352 g/mol. The van der Waals surface area contributed by atoms with E-state index in [2.05, 4.69) is 14.5 Å². The summed E-state index contributed by atoms with van der Waals surface area (Å²) in [5.74, 6) is -14.9. The number of rotatable bonds is 7. The van der Waals surface area contributed by atoms with Crippen molar-refractivity contribution in [2.45, 2.75) is 44.9 Å². The summed E-state index contributed by atoms with van der Waals surface area (Å²) in [6.45, 7) is 2.32. The SMILES string of the molecule is CC(=O)C(=O)OC(O)(CC(O)(O)C(C)=O)C(=O)OOC(=O)C(C)O. The van der Waals surface area contributed by atoms with Gasteiger partial charge in [-0.2, -0.15) is 0 Å². The van der Waals surface area contributed by atoms with Gasteiger partial charge in [0.25, 0.3) is 0 Å². The van der Waals surface area contributed by atoms with Crippen molar-refractivity contribution in [1.29, 1.82) is 0 Å². The van der Waals surface area contributed by atoms with Gasteiger partial charge < -0.3 is 25.2 Å². The first kappa shape index (κ1) is 21.6. The number of ketones is 2. The first-order valence-corrected chi connectivity index (χ1v) is 6.26. The topological polar surface area (TPSA) is 194 Å². The van der Waals surface area contributed by atoms with E-state index < -0.39 is 53.6 Å². The zero-order valence-corrected chi connectivity index (χ0v) is 12.8. The lowest BCUT2D eigenvalue weighted by atomic mass is 10.0. The van der Waals surface area contributed by atoms with Gasteiger partial charge in [-0.15, -0.1) is 0 Å². The fourth-order valence-corrected chi connectivity index (χ4v) is 1.05. The molecule has 4 N–H and O–H groups in total. The van der Waals surface area contributed by atoms with Crippen LogP contribution in [0.2, 0.25) is 0 Å². The Morgan fingerprint density at radius 3 is 1.88 bits per heavy atom. The summed E-state index contributed by atoms with van der Waals surface area (Å²) < 4.78 is 4.11. The smallest absolute Gasteiger partial charge is 0.415 e. The molecular formula is C12H16O12. The van der Waals surface area contributed by atoms with Crippen molar-refractivity contribution in [2.24, 2.45) is 0 Å². The van der Waals surface area contributed by atoms with Crippen molar-refractivity contribution in [1.82, 2.24) is 0 Å². The lowest BCUT2D eigenvalue weighted by Crippen LogP contribution is -2.54. The molecule has 12 heteroatoms. The van der Waals surface area contributed by atoms with E-state index in [0.29, 0.717) is 13.8 Å². The van der Waals surface area contributed by atoms with E-state index >= 15 is 0 Å². The van der Waals surface area contributed by atoms with Gasteiger partial charge in [0.2, 0.25) is 11.6 Å². The third-order valence-electron chi connectivity index (χ3n) is 2.46. The van der Waals surface area contributed by atoms with Crippen molar-refractivity contribution in [2.75, 3.05) is 0 Å². The molecule has 0 radical (unpaired) electrons. The molecule has 0 aromatic heterocycles. The number of hydrogen-bond donors (Lipinski definition) is 4. The number of hydrogen-bond acceptors (Lipinski definition) is 12. The molecule has 0 aliphatic heterocycles. The molecule has 24 heavy (non-hydrogen) atoms. The normalized spacial score (nSPS) is 14.8. The minimum absolute atomic E-state index is 0.673. The third-order valence-corrected chi connectivity index (χ3v) is 2.46. The number of aliphatic hydroxyl groups is 4. The maximum atomic E-state index is 11.7. The molecule has 0 spiro atoms. The van der Waals surface area contributed by atoms with Gasteiger partial charge in [0.1, 0.15) is 0 Å². The molecule has 0 aliphatic rings. The Morgan fingerprint density at radius 1 is 1.00 bits per heavy atom. The van der Waals surface area contributed by atoms with Crippen LogP contribution in [-0.4, -0.2) is 67.6 Å². The molecule has 0 fully saturated rings. The highest BCUT2D eigenvalue weighted by atomic mass is 17.2. The van der Waals surface area contributed by atoms with Crippen LogP contribution in [0, 0.1) is 0 Å². The van der Waals surface area contributed by atoms with Crippen LogP contribution in [0.15, 0.2) is 0 Å². The van der Waals surface area contributed by atoms with Crippen LogP contribution >= 0.6 is 0 Å². The Kier molecular flexibility index (Phi) is 7.12. The van der Waals surface area contributed by atoms with Crippen LogP contribution < -0.4 is 0 Å². The molecule has 0 aromatic carbocycles. The second-order valence-corrected chi connectivity index (χ2v) is 4.73. The maximum absolute atomic E-state index is 11.7. The Hall–Kier alpha value is -2.41. The molecule has 2 atom stereocenters. The second kappa shape index (κ2) is 7.92. The molecular weight excluding hydrogens is 336 g/mol. The number of carbonyl (C=O) groups is 5. The van der Waals surface area contributed by atoms with Gasteiger partial charge in [-0.3, -0.25) is 9.59 Å². The summed E-state index contributed by atoms with van der Waals surface area (Å²) in [5, 5.41) is 37.6. The summed E-state index contributed by atoms with van der Waals surface area (Å²) in [6, 6.07) is 0. The number of ether oxygens (including phenoxy) is 1. The van der Waals surface area contributed by atoms with Gasteiger partial charge in [-0.1, -0.05) is 0 Å². The highest BCUT2D eigenvalue weighted by Gasteiger charge is 2.52. The minimum Gasteiger partial charge on any atom is -0.415 e. The highest BCUT2D eigenvalue weighted by molar-refractivity contribution is 6.32. The Balaban J connectivity index is 5.41. The number of aliphatic hydroxyl groups excluding tert-OH is 1. The van der Waals surface area contributed by atoms with Gasteiger partial charge >= 0.3 is 23.7 Å².